The minimum absolute atomic E-state index is 0.169. The van der Waals surface area contributed by atoms with Gasteiger partial charge in [0.05, 0.1) is 6.04 Å². The maximum atomic E-state index is 13.4. The first kappa shape index (κ1) is 15.8. The van der Waals surface area contributed by atoms with Gasteiger partial charge in [-0.3, -0.25) is 4.79 Å². The van der Waals surface area contributed by atoms with E-state index < -0.39 is 0 Å². The van der Waals surface area contributed by atoms with Gasteiger partial charge in [-0.2, -0.15) is 0 Å². The molecule has 0 aliphatic carbocycles. The van der Waals surface area contributed by atoms with Gasteiger partial charge in [-0.25, -0.2) is 0 Å². The van der Waals surface area contributed by atoms with Crippen LogP contribution in [0, 0.1) is 12.8 Å². The van der Waals surface area contributed by atoms with E-state index in [0.29, 0.717) is 12.0 Å². The number of hydrogen-bond donors (Lipinski definition) is 0. The molecule has 0 spiro atoms. The predicted octanol–water partition coefficient (Wildman–Crippen LogP) is 4.24. The van der Waals surface area contributed by atoms with E-state index in [1.54, 1.807) is 0 Å². The molecule has 3 heteroatoms. The molecule has 132 valence electrons. The second-order valence-corrected chi connectivity index (χ2v) is 7.82. The van der Waals surface area contributed by atoms with Crippen molar-refractivity contribution in [2.45, 2.75) is 25.8 Å². The molecule has 2 aromatic carbocycles. The Labute approximate surface area is 153 Å². The summed E-state index contributed by atoms with van der Waals surface area (Å²) in [4.78, 5) is 15.9. The smallest absolute Gasteiger partial charge is 0.258 e. The third kappa shape index (κ3) is 2.42. The zero-order chi connectivity index (χ0) is 17.7. The summed E-state index contributed by atoms with van der Waals surface area (Å²) in [6.45, 7) is 5.49. The van der Waals surface area contributed by atoms with E-state index in [0.717, 1.165) is 17.3 Å². The van der Waals surface area contributed by atoms with Crippen molar-refractivity contribution in [1.29, 1.82) is 0 Å². The van der Waals surface area contributed by atoms with Crippen LogP contribution in [0.1, 0.15) is 24.4 Å². The maximum Gasteiger partial charge on any atom is 0.258 e. The van der Waals surface area contributed by atoms with Crippen LogP contribution in [0.2, 0.25) is 0 Å². The number of hydrogen-bond acceptors (Lipinski definition) is 2. The van der Waals surface area contributed by atoms with Crippen molar-refractivity contribution in [3.63, 3.8) is 0 Å². The predicted molar refractivity (Wildman–Crippen MR) is 107 cm³/mol. The minimum Gasteiger partial charge on any atom is -0.310 e. The van der Waals surface area contributed by atoms with Gasteiger partial charge in [0, 0.05) is 23.7 Å². The number of benzene rings is 2. The normalized spacial score (nSPS) is 24.9. The number of piperidine rings is 3. The van der Waals surface area contributed by atoms with Crippen molar-refractivity contribution < 1.29 is 0 Å². The highest BCUT2D eigenvalue weighted by molar-refractivity contribution is 5.98. The SMILES string of the molecule is Cc1cccc2c(=O)n(C3CN4CCC3CC4)cc(-c3ccccc3)c12. The molecule has 6 rings (SSSR count). The molecule has 3 aromatic rings. The molecular formula is C23H24N2O. The van der Waals surface area contributed by atoms with E-state index in [1.165, 1.54) is 42.6 Å². The number of aryl methyl sites for hydroxylation is 1. The monoisotopic (exact) mass is 344 g/mol. The van der Waals surface area contributed by atoms with E-state index in [9.17, 15) is 4.79 Å². The van der Waals surface area contributed by atoms with E-state index in [-0.39, 0.29) is 5.56 Å². The molecule has 26 heavy (non-hydrogen) atoms. The number of nitrogens with zero attached hydrogens (tertiary/aromatic N) is 2. The Morgan fingerprint density at radius 2 is 1.73 bits per heavy atom. The van der Waals surface area contributed by atoms with Gasteiger partial charge in [-0.15, -0.1) is 0 Å². The number of rotatable bonds is 2. The molecule has 2 bridgehead atoms. The van der Waals surface area contributed by atoms with Crippen LogP contribution in [0.3, 0.4) is 0 Å². The first-order chi connectivity index (χ1) is 12.7. The molecule has 1 unspecified atom stereocenters. The lowest BCUT2D eigenvalue weighted by Crippen LogP contribution is -2.50. The van der Waals surface area contributed by atoms with Crippen LogP contribution in [0.25, 0.3) is 21.9 Å². The van der Waals surface area contributed by atoms with Crippen molar-refractivity contribution in [2.75, 3.05) is 19.6 Å². The van der Waals surface area contributed by atoms with Gasteiger partial charge in [0.2, 0.25) is 0 Å². The average Bonchev–Trinajstić information content (AvgIpc) is 2.70. The summed E-state index contributed by atoms with van der Waals surface area (Å²) in [5.74, 6) is 0.628. The Balaban J connectivity index is 1.78. The molecule has 0 saturated carbocycles. The van der Waals surface area contributed by atoms with Gasteiger partial charge in [-0.05, 0) is 61.4 Å². The van der Waals surface area contributed by atoms with E-state index in [1.807, 2.05) is 18.2 Å². The Morgan fingerprint density at radius 3 is 2.42 bits per heavy atom. The molecular weight excluding hydrogens is 320 g/mol. The van der Waals surface area contributed by atoms with Crippen LogP contribution >= 0.6 is 0 Å². The van der Waals surface area contributed by atoms with E-state index in [2.05, 4.69) is 52.9 Å². The van der Waals surface area contributed by atoms with Crippen molar-refractivity contribution in [3.05, 3.63) is 70.6 Å². The summed E-state index contributed by atoms with van der Waals surface area (Å²) >= 11 is 0. The van der Waals surface area contributed by atoms with Gasteiger partial charge in [-0.1, -0.05) is 42.5 Å². The number of aromatic nitrogens is 1. The summed E-state index contributed by atoms with van der Waals surface area (Å²) in [5.41, 5.74) is 3.69. The third-order valence-corrected chi connectivity index (χ3v) is 6.34. The van der Waals surface area contributed by atoms with Crippen LogP contribution < -0.4 is 5.56 Å². The summed E-state index contributed by atoms with van der Waals surface area (Å²) in [5, 5.41) is 1.95. The summed E-state index contributed by atoms with van der Waals surface area (Å²) in [6, 6.07) is 16.9. The molecule has 0 N–H and O–H groups in total. The second-order valence-electron chi connectivity index (χ2n) is 7.82. The largest absolute Gasteiger partial charge is 0.310 e. The lowest BCUT2D eigenvalue weighted by Gasteiger charge is -2.45. The average molecular weight is 344 g/mol. The van der Waals surface area contributed by atoms with Crippen LogP contribution in [-0.2, 0) is 0 Å². The van der Waals surface area contributed by atoms with Gasteiger partial charge in [0.1, 0.15) is 0 Å². The molecule has 3 aliphatic heterocycles. The Morgan fingerprint density at radius 1 is 0.962 bits per heavy atom. The van der Waals surface area contributed by atoms with Crippen LogP contribution in [-0.4, -0.2) is 29.1 Å². The molecule has 3 nitrogen and oxygen atoms in total. The maximum absolute atomic E-state index is 13.4. The summed E-state index contributed by atoms with van der Waals surface area (Å²) in [7, 11) is 0. The van der Waals surface area contributed by atoms with Crippen LogP contribution in [0.5, 0.6) is 0 Å². The minimum atomic E-state index is 0.169. The van der Waals surface area contributed by atoms with Gasteiger partial charge < -0.3 is 9.47 Å². The topological polar surface area (TPSA) is 25.2 Å². The fourth-order valence-corrected chi connectivity index (χ4v) is 4.94. The first-order valence-electron chi connectivity index (χ1n) is 9.64. The second kappa shape index (κ2) is 6.10. The Kier molecular flexibility index (Phi) is 3.71. The van der Waals surface area contributed by atoms with Crippen LogP contribution in [0.4, 0.5) is 0 Å². The molecule has 0 amide bonds. The Hall–Kier alpha value is -2.39. The molecule has 4 heterocycles. The standard InChI is InChI=1S/C23H24N2O/c1-16-6-5-9-19-22(16)20(17-7-3-2-4-8-17)14-25(23(19)26)21-15-24-12-10-18(21)11-13-24/h2-9,14,18,21H,10-13,15H2,1H3. The van der Waals surface area contributed by atoms with Crippen molar-refractivity contribution >= 4 is 10.8 Å². The number of fused-ring (bicyclic) bond motifs is 4. The van der Waals surface area contributed by atoms with Gasteiger partial charge in [0.25, 0.3) is 5.56 Å². The summed E-state index contributed by atoms with van der Waals surface area (Å²) in [6.07, 6.45) is 4.56. The highest BCUT2D eigenvalue weighted by atomic mass is 16.1. The van der Waals surface area contributed by atoms with Crippen LogP contribution in [0.15, 0.2) is 59.5 Å². The molecule has 0 radical (unpaired) electrons. The molecule has 3 fully saturated rings. The fourth-order valence-electron chi connectivity index (χ4n) is 4.94. The van der Waals surface area contributed by atoms with E-state index in [4.69, 9.17) is 0 Å². The van der Waals surface area contributed by atoms with Crippen molar-refractivity contribution in [2.24, 2.45) is 5.92 Å². The zero-order valence-electron chi connectivity index (χ0n) is 15.2. The lowest BCUT2D eigenvalue weighted by molar-refractivity contribution is 0.0557. The first-order valence-corrected chi connectivity index (χ1v) is 9.64. The van der Waals surface area contributed by atoms with Gasteiger partial charge >= 0.3 is 0 Å². The molecule has 1 atom stereocenters. The van der Waals surface area contributed by atoms with Crippen molar-refractivity contribution in [3.8, 4) is 11.1 Å². The third-order valence-electron chi connectivity index (χ3n) is 6.34. The lowest BCUT2D eigenvalue weighted by atomic mass is 9.83. The highest BCUT2D eigenvalue weighted by Crippen LogP contribution is 2.37. The van der Waals surface area contributed by atoms with Crippen molar-refractivity contribution in [1.82, 2.24) is 9.47 Å². The highest BCUT2D eigenvalue weighted by Gasteiger charge is 2.36. The molecule has 1 aromatic heterocycles. The van der Waals surface area contributed by atoms with E-state index >= 15 is 0 Å². The zero-order valence-corrected chi connectivity index (χ0v) is 15.2. The van der Waals surface area contributed by atoms with Gasteiger partial charge in [0.15, 0.2) is 0 Å². The number of pyridine rings is 1. The quantitative estimate of drug-likeness (QED) is 0.695. The molecule has 3 saturated heterocycles. The summed E-state index contributed by atoms with van der Waals surface area (Å²) < 4.78 is 2.06. The molecule has 3 aliphatic rings. The Bertz CT molecular complexity index is 1010. The fraction of sp³-hybridized carbons (Fsp3) is 0.348.